The van der Waals surface area contributed by atoms with E-state index in [-0.39, 0.29) is 0 Å². The molecule has 0 saturated heterocycles. The number of aromatic nitrogens is 2. The van der Waals surface area contributed by atoms with Crippen molar-refractivity contribution in [2.75, 3.05) is 0 Å². The van der Waals surface area contributed by atoms with Crippen LogP contribution in [0, 0.1) is 0 Å². The number of oxazole rings is 2. The van der Waals surface area contributed by atoms with Gasteiger partial charge in [0.15, 0.2) is 17.1 Å². The van der Waals surface area contributed by atoms with Crippen molar-refractivity contribution in [1.82, 2.24) is 9.97 Å². The van der Waals surface area contributed by atoms with E-state index in [1.807, 2.05) is 72.8 Å². The molecule has 112 valence electrons. The molecule has 0 amide bonds. The molecule has 2 heterocycles. The first-order valence-corrected chi connectivity index (χ1v) is 7.42. The smallest absolute Gasteiger partial charge is 0.219 e. The zero-order valence-electron chi connectivity index (χ0n) is 12.3. The third-order valence-corrected chi connectivity index (χ3v) is 3.43. The Kier molecular flexibility index (Phi) is 3.48. The van der Waals surface area contributed by atoms with Crippen molar-refractivity contribution < 1.29 is 8.83 Å². The standard InChI is InChI=1S/C19H14N2O2/c1(2-12-18-20-14-8-4-6-10-16(14)22-18)3-13-19-21-15-9-5-7-11-17(15)23-19/h1-12H,13H2. The number of benzene rings is 2. The van der Waals surface area contributed by atoms with Gasteiger partial charge in [0, 0.05) is 12.5 Å². The van der Waals surface area contributed by atoms with Crippen molar-refractivity contribution >= 4 is 28.3 Å². The van der Waals surface area contributed by atoms with Crippen molar-refractivity contribution in [3.05, 3.63) is 78.5 Å². The second kappa shape index (κ2) is 5.93. The average Bonchev–Trinajstić information content (AvgIpc) is 3.17. The van der Waals surface area contributed by atoms with Gasteiger partial charge in [-0.3, -0.25) is 0 Å². The fraction of sp³-hybridized carbons (Fsp3) is 0.0526. The maximum absolute atomic E-state index is 5.66. The van der Waals surface area contributed by atoms with Crippen LogP contribution in [0.4, 0.5) is 0 Å². The van der Waals surface area contributed by atoms with E-state index >= 15 is 0 Å². The molecular formula is C19H14N2O2. The largest absolute Gasteiger partial charge is 0.440 e. The highest BCUT2D eigenvalue weighted by molar-refractivity contribution is 5.73. The van der Waals surface area contributed by atoms with Crippen LogP contribution in [-0.2, 0) is 6.42 Å². The van der Waals surface area contributed by atoms with E-state index in [0.717, 1.165) is 22.2 Å². The highest BCUT2D eigenvalue weighted by Gasteiger charge is 2.02. The van der Waals surface area contributed by atoms with Gasteiger partial charge in [0.2, 0.25) is 5.89 Å². The van der Waals surface area contributed by atoms with Crippen LogP contribution in [0.5, 0.6) is 0 Å². The van der Waals surface area contributed by atoms with Crippen molar-refractivity contribution in [2.24, 2.45) is 0 Å². The van der Waals surface area contributed by atoms with Crippen molar-refractivity contribution in [3.63, 3.8) is 0 Å². The third kappa shape index (κ3) is 2.92. The van der Waals surface area contributed by atoms with Gasteiger partial charge in [-0.1, -0.05) is 42.5 Å². The highest BCUT2D eigenvalue weighted by Crippen LogP contribution is 2.16. The molecule has 0 saturated carbocycles. The first-order chi connectivity index (χ1) is 11.4. The number of allylic oxidation sites excluding steroid dienone is 3. The number of hydrogen-bond acceptors (Lipinski definition) is 4. The second-order valence-corrected chi connectivity index (χ2v) is 5.09. The summed E-state index contributed by atoms with van der Waals surface area (Å²) in [6.45, 7) is 0. The predicted octanol–water partition coefficient (Wildman–Crippen LogP) is 4.78. The number of hydrogen-bond donors (Lipinski definition) is 0. The zero-order chi connectivity index (χ0) is 15.5. The lowest BCUT2D eigenvalue weighted by molar-refractivity contribution is 0.547. The fourth-order valence-corrected chi connectivity index (χ4v) is 2.35. The van der Waals surface area contributed by atoms with E-state index in [4.69, 9.17) is 8.83 Å². The summed E-state index contributed by atoms with van der Waals surface area (Å²) in [7, 11) is 0. The molecule has 2 aromatic heterocycles. The van der Waals surface area contributed by atoms with Crippen LogP contribution in [0.3, 0.4) is 0 Å². The monoisotopic (exact) mass is 302 g/mol. The normalized spacial score (nSPS) is 12.2. The van der Waals surface area contributed by atoms with Crippen LogP contribution < -0.4 is 0 Å². The minimum Gasteiger partial charge on any atom is -0.440 e. The molecule has 0 atom stereocenters. The van der Waals surface area contributed by atoms with Gasteiger partial charge in [0.05, 0.1) is 0 Å². The number of nitrogens with zero attached hydrogens (tertiary/aromatic N) is 2. The molecule has 4 rings (SSSR count). The maximum Gasteiger partial charge on any atom is 0.219 e. The Balaban J connectivity index is 1.42. The predicted molar refractivity (Wildman–Crippen MR) is 89.9 cm³/mol. The van der Waals surface area contributed by atoms with Crippen molar-refractivity contribution in [1.29, 1.82) is 0 Å². The number of rotatable bonds is 4. The lowest BCUT2D eigenvalue weighted by Crippen LogP contribution is -1.78. The quantitative estimate of drug-likeness (QED) is 0.509. The van der Waals surface area contributed by atoms with Crippen LogP contribution in [0.1, 0.15) is 11.8 Å². The minimum atomic E-state index is 0.595. The lowest BCUT2D eigenvalue weighted by atomic mass is 10.3. The Bertz CT molecular complexity index is 942. The molecule has 0 N–H and O–H groups in total. The fourth-order valence-electron chi connectivity index (χ4n) is 2.35. The van der Waals surface area contributed by atoms with Gasteiger partial charge in [0.1, 0.15) is 11.0 Å². The lowest BCUT2D eigenvalue weighted by Gasteiger charge is -1.84. The van der Waals surface area contributed by atoms with E-state index in [9.17, 15) is 0 Å². The van der Waals surface area contributed by atoms with E-state index in [0.29, 0.717) is 18.2 Å². The summed E-state index contributed by atoms with van der Waals surface area (Å²) >= 11 is 0. The molecule has 4 heteroatoms. The summed E-state index contributed by atoms with van der Waals surface area (Å²) in [5.74, 6) is 1.30. The van der Waals surface area contributed by atoms with Crippen molar-refractivity contribution in [2.45, 2.75) is 6.42 Å². The number of fused-ring (bicyclic) bond motifs is 2. The molecule has 0 aliphatic rings. The van der Waals surface area contributed by atoms with E-state index in [1.54, 1.807) is 0 Å². The molecule has 4 aromatic rings. The Morgan fingerprint density at radius 1 is 0.783 bits per heavy atom. The van der Waals surface area contributed by atoms with E-state index in [2.05, 4.69) is 9.97 Å². The summed E-state index contributed by atoms with van der Waals surface area (Å²) < 4.78 is 11.3. The van der Waals surface area contributed by atoms with Crippen LogP contribution >= 0.6 is 0 Å². The maximum atomic E-state index is 5.66. The van der Waals surface area contributed by atoms with Crippen LogP contribution in [0.25, 0.3) is 28.3 Å². The van der Waals surface area contributed by atoms with E-state index < -0.39 is 0 Å². The molecule has 4 nitrogen and oxygen atoms in total. The number of para-hydroxylation sites is 4. The highest BCUT2D eigenvalue weighted by atomic mass is 16.4. The Hall–Kier alpha value is -3.14. The summed E-state index contributed by atoms with van der Waals surface area (Å²) in [6, 6.07) is 15.5. The summed E-state index contributed by atoms with van der Waals surface area (Å²) in [5.41, 5.74) is 3.36. The molecule has 23 heavy (non-hydrogen) atoms. The van der Waals surface area contributed by atoms with Crippen LogP contribution in [-0.4, -0.2) is 9.97 Å². The molecule has 0 aliphatic carbocycles. The molecule has 0 radical (unpaired) electrons. The first-order valence-electron chi connectivity index (χ1n) is 7.42. The first kappa shape index (κ1) is 13.5. The SMILES string of the molecule is C(C=Cc1nc2ccccc2o1)=CCc1nc2ccccc2o1. The topological polar surface area (TPSA) is 52.1 Å². The minimum absolute atomic E-state index is 0.595. The second-order valence-electron chi connectivity index (χ2n) is 5.09. The zero-order valence-corrected chi connectivity index (χ0v) is 12.3. The molecular weight excluding hydrogens is 288 g/mol. The molecule has 0 unspecified atom stereocenters. The van der Waals surface area contributed by atoms with Crippen LogP contribution in [0.15, 0.2) is 75.6 Å². The molecule has 0 fully saturated rings. The van der Waals surface area contributed by atoms with Gasteiger partial charge < -0.3 is 8.83 Å². The van der Waals surface area contributed by atoms with Gasteiger partial charge >= 0.3 is 0 Å². The van der Waals surface area contributed by atoms with Gasteiger partial charge in [0.25, 0.3) is 0 Å². The van der Waals surface area contributed by atoms with Gasteiger partial charge in [-0.05, 0) is 24.3 Å². The van der Waals surface area contributed by atoms with Crippen LogP contribution in [0.2, 0.25) is 0 Å². The van der Waals surface area contributed by atoms with Gasteiger partial charge in [-0.15, -0.1) is 0 Å². The average molecular weight is 302 g/mol. The van der Waals surface area contributed by atoms with Gasteiger partial charge in [-0.25, -0.2) is 9.97 Å². The molecule has 0 bridgehead atoms. The molecule has 0 spiro atoms. The summed E-state index contributed by atoms with van der Waals surface area (Å²) in [6.07, 6.45) is 8.30. The Labute approximate surface area is 132 Å². The molecule has 2 aromatic carbocycles. The van der Waals surface area contributed by atoms with Gasteiger partial charge in [-0.2, -0.15) is 0 Å². The Morgan fingerprint density at radius 3 is 2.22 bits per heavy atom. The summed E-state index contributed by atoms with van der Waals surface area (Å²) in [5, 5.41) is 0. The third-order valence-electron chi connectivity index (χ3n) is 3.43. The molecule has 0 aliphatic heterocycles. The Morgan fingerprint density at radius 2 is 1.48 bits per heavy atom. The summed E-state index contributed by atoms with van der Waals surface area (Å²) in [4.78, 5) is 8.80. The van der Waals surface area contributed by atoms with Crippen molar-refractivity contribution in [3.8, 4) is 0 Å². The van der Waals surface area contributed by atoms with E-state index in [1.165, 1.54) is 0 Å².